The Hall–Kier alpha value is -1.42. The van der Waals surface area contributed by atoms with Gasteiger partial charge in [0, 0.05) is 25.6 Å². The van der Waals surface area contributed by atoms with Crippen LogP contribution in [-0.2, 0) is 28.6 Å². The normalized spacial score (nSPS) is 18.6. The van der Waals surface area contributed by atoms with Crippen LogP contribution in [0.15, 0.2) is 0 Å². The second-order valence-electron chi connectivity index (χ2n) is 10.8. The van der Waals surface area contributed by atoms with Crippen molar-refractivity contribution in [2.45, 2.75) is 47.0 Å². The number of morpholine rings is 1. The lowest BCUT2D eigenvalue weighted by Crippen LogP contribution is -3.00. The number of esters is 2. The highest BCUT2D eigenvalue weighted by atomic mass is 35.5. The fourth-order valence-corrected chi connectivity index (χ4v) is 4.20. The van der Waals surface area contributed by atoms with Gasteiger partial charge in [0.25, 0.3) is 0 Å². The molecule has 1 aliphatic rings. The van der Waals surface area contributed by atoms with Gasteiger partial charge in [-0.3, -0.25) is 14.4 Å². The van der Waals surface area contributed by atoms with Crippen molar-refractivity contribution in [3.05, 3.63) is 0 Å². The van der Waals surface area contributed by atoms with Crippen LogP contribution in [0.5, 0.6) is 0 Å². The number of quaternary nitrogens is 1. The fraction of sp³-hybridized carbons (Fsp3) is 0.875. The van der Waals surface area contributed by atoms with E-state index in [1.165, 1.54) is 0 Å². The van der Waals surface area contributed by atoms with Crippen LogP contribution in [0.25, 0.3) is 0 Å². The number of amides is 1. The minimum absolute atomic E-state index is 0. The molecule has 1 fully saturated rings. The van der Waals surface area contributed by atoms with E-state index in [1.807, 2.05) is 41.9 Å². The zero-order valence-corrected chi connectivity index (χ0v) is 22.9. The number of carbonyl (C=O) groups excluding carboxylic acids is 3. The summed E-state index contributed by atoms with van der Waals surface area (Å²) in [6.07, 6.45) is 1.000. The highest BCUT2D eigenvalue weighted by Crippen LogP contribution is 2.43. The van der Waals surface area contributed by atoms with Gasteiger partial charge in [-0.15, -0.1) is 0 Å². The van der Waals surface area contributed by atoms with Gasteiger partial charge in [0.2, 0.25) is 5.91 Å². The van der Waals surface area contributed by atoms with E-state index in [1.54, 1.807) is 11.8 Å². The van der Waals surface area contributed by atoms with E-state index < -0.39 is 22.7 Å². The molecule has 0 aromatic heterocycles. The Kier molecular flexibility index (Phi) is 13.6. The van der Waals surface area contributed by atoms with E-state index in [2.05, 4.69) is 0 Å². The van der Waals surface area contributed by atoms with Crippen LogP contribution in [0.3, 0.4) is 0 Å². The molecule has 1 aliphatic heterocycles. The molecule has 0 spiro atoms. The Morgan fingerprint density at radius 3 is 2.06 bits per heavy atom. The zero-order chi connectivity index (χ0) is 25.3. The molecule has 34 heavy (non-hydrogen) atoms. The van der Waals surface area contributed by atoms with Crippen molar-refractivity contribution in [1.29, 1.82) is 0 Å². The summed E-state index contributed by atoms with van der Waals surface area (Å²) in [5.74, 6) is -1.19. The highest BCUT2D eigenvalue weighted by molar-refractivity contribution is 5.83. The van der Waals surface area contributed by atoms with Crippen LogP contribution < -0.4 is 18.1 Å². The van der Waals surface area contributed by atoms with E-state index in [0.29, 0.717) is 50.4 Å². The smallest absolute Gasteiger partial charge is 0.312 e. The molecule has 0 aliphatic carbocycles. The van der Waals surface area contributed by atoms with Crippen LogP contribution in [0.2, 0.25) is 0 Å². The molecule has 1 rings (SSSR count). The summed E-state index contributed by atoms with van der Waals surface area (Å²) >= 11 is 0. The molecule has 10 heteroatoms. The number of nitrogens with two attached hydrogens (primary N) is 1. The van der Waals surface area contributed by atoms with Gasteiger partial charge in [0.05, 0.1) is 45.2 Å². The third-order valence-corrected chi connectivity index (χ3v) is 6.39. The molecule has 1 saturated heterocycles. The number of likely N-dealkylation sites (N-methyl/N-ethyl adjacent to an activating group) is 1. The lowest BCUT2D eigenvalue weighted by Gasteiger charge is -2.38. The summed E-state index contributed by atoms with van der Waals surface area (Å²) in [4.78, 5) is 41.0. The molecule has 1 heterocycles. The molecule has 3 unspecified atom stereocenters. The number of nitrogens with zero attached hydrogens (tertiary/aromatic N) is 2. The largest absolute Gasteiger partial charge is 1.00 e. The SMILES string of the molecule is CCC(C)(CC(C)(CC(C)C(=O)N1CCOCC1)C(=O)OCCN)C(=O)OCC[N+](C)(C)C.[Cl-]. The number of halogens is 1. The maximum atomic E-state index is 13.1. The summed E-state index contributed by atoms with van der Waals surface area (Å²) in [6, 6.07) is 0. The van der Waals surface area contributed by atoms with Crippen molar-refractivity contribution >= 4 is 17.8 Å². The molecule has 3 atom stereocenters. The second-order valence-corrected chi connectivity index (χ2v) is 10.8. The summed E-state index contributed by atoms with van der Waals surface area (Å²) in [5.41, 5.74) is 3.61. The average Bonchev–Trinajstić information content (AvgIpc) is 2.76. The molecule has 2 N–H and O–H groups in total. The van der Waals surface area contributed by atoms with Gasteiger partial charge in [0.1, 0.15) is 19.8 Å². The average molecular weight is 508 g/mol. The molecular weight excluding hydrogens is 462 g/mol. The van der Waals surface area contributed by atoms with Gasteiger partial charge in [-0.05, 0) is 33.1 Å². The van der Waals surface area contributed by atoms with Gasteiger partial charge >= 0.3 is 11.9 Å². The Morgan fingerprint density at radius 1 is 1.03 bits per heavy atom. The quantitative estimate of drug-likeness (QED) is 0.237. The van der Waals surface area contributed by atoms with Gasteiger partial charge in [-0.25, -0.2) is 0 Å². The monoisotopic (exact) mass is 507 g/mol. The van der Waals surface area contributed by atoms with Crippen LogP contribution in [-0.4, -0.2) is 101 Å². The van der Waals surface area contributed by atoms with Gasteiger partial charge in [-0.1, -0.05) is 13.8 Å². The van der Waals surface area contributed by atoms with Crippen molar-refractivity contribution in [2.24, 2.45) is 22.5 Å². The first-order valence-corrected chi connectivity index (χ1v) is 12.0. The summed E-state index contributed by atoms with van der Waals surface area (Å²) < 4.78 is 17.0. The minimum atomic E-state index is -1.04. The van der Waals surface area contributed by atoms with Crippen molar-refractivity contribution in [1.82, 2.24) is 4.90 Å². The van der Waals surface area contributed by atoms with Gasteiger partial charge in [0.15, 0.2) is 0 Å². The van der Waals surface area contributed by atoms with E-state index in [4.69, 9.17) is 19.9 Å². The van der Waals surface area contributed by atoms with Crippen LogP contribution >= 0.6 is 0 Å². The molecule has 1 amide bonds. The number of hydrogen-bond donors (Lipinski definition) is 1. The van der Waals surface area contributed by atoms with Crippen molar-refractivity contribution in [3.8, 4) is 0 Å². The third kappa shape index (κ3) is 10.1. The van der Waals surface area contributed by atoms with E-state index >= 15 is 0 Å². The molecule has 0 saturated carbocycles. The fourth-order valence-electron chi connectivity index (χ4n) is 4.20. The first-order valence-electron chi connectivity index (χ1n) is 12.0. The van der Waals surface area contributed by atoms with E-state index in [9.17, 15) is 14.4 Å². The number of rotatable bonds is 13. The molecule has 0 bridgehead atoms. The van der Waals surface area contributed by atoms with Crippen molar-refractivity contribution in [3.63, 3.8) is 0 Å². The first-order chi connectivity index (χ1) is 15.3. The standard InChI is InChI=1S/C24H46N3O6.ClH/c1-8-23(3,21(29)33-16-12-27(5,6)7)18-24(4,22(30)32-13-9-25)17-19(2)20(28)26-10-14-31-15-11-26;/h19H,8-18,25H2,1-7H3;1H/q+1;/p-1. The molecular formula is C24H46ClN3O6. The predicted molar refractivity (Wildman–Crippen MR) is 126 cm³/mol. The second kappa shape index (κ2) is 14.2. The molecule has 0 aromatic carbocycles. The Morgan fingerprint density at radius 2 is 1.56 bits per heavy atom. The van der Waals surface area contributed by atoms with E-state index in [0.717, 1.165) is 0 Å². The number of ether oxygens (including phenoxy) is 3. The summed E-state index contributed by atoms with van der Waals surface area (Å²) in [6.45, 7) is 10.8. The minimum Gasteiger partial charge on any atom is -1.00 e. The number of carbonyl (C=O) groups is 3. The maximum Gasteiger partial charge on any atom is 0.312 e. The zero-order valence-electron chi connectivity index (χ0n) is 22.2. The Bertz CT molecular complexity index is 666. The third-order valence-electron chi connectivity index (χ3n) is 6.39. The van der Waals surface area contributed by atoms with Crippen LogP contribution in [0.4, 0.5) is 0 Å². The summed E-state index contributed by atoms with van der Waals surface area (Å²) in [5, 5.41) is 0. The molecule has 9 nitrogen and oxygen atoms in total. The van der Waals surface area contributed by atoms with Crippen LogP contribution in [0, 0.1) is 16.7 Å². The highest BCUT2D eigenvalue weighted by Gasteiger charge is 2.47. The van der Waals surface area contributed by atoms with Crippen LogP contribution in [0.1, 0.15) is 47.0 Å². The first kappa shape index (κ1) is 32.6. The summed E-state index contributed by atoms with van der Waals surface area (Å²) in [7, 11) is 6.10. The van der Waals surface area contributed by atoms with Crippen molar-refractivity contribution in [2.75, 3.05) is 73.7 Å². The van der Waals surface area contributed by atoms with Gasteiger partial charge in [-0.2, -0.15) is 0 Å². The lowest BCUT2D eigenvalue weighted by atomic mass is 9.68. The van der Waals surface area contributed by atoms with E-state index in [-0.39, 0.29) is 50.3 Å². The molecule has 0 radical (unpaired) electrons. The topological polar surface area (TPSA) is 108 Å². The lowest BCUT2D eigenvalue weighted by molar-refractivity contribution is -0.870. The Balaban J connectivity index is 0.0000109. The Labute approximate surface area is 211 Å². The van der Waals surface area contributed by atoms with Crippen molar-refractivity contribution < 1.29 is 45.5 Å². The maximum absolute atomic E-state index is 13.1. The molecule has 200 valence electrons. The predicted octanol–water partition coefficient (Wildman–Crippen LogP) is -1.56. The number of hydrogen-bond acceptors (Lipinski definition) is 7. The molecule has 0 aromatic rings. The van der Waals surface area contributed by atoms with Gasteiger partial charge < -0.3 is 41.7 Å².